The van der Waals surface area contributed by atoms with E-state index in [2.05, 4.69) is 24.1 Å². The molecule has 1 aromatic heterocycles. The predicted molar refractivity (Wildman–Crippen MR) is 69.9 cm³/mol. The molecule has 1 aliphatic rings. The van der Waals surface area contributed by atoms with E-state index in [-0.39, 0.29) is 0 Å². The summed E-state index contributed by atoms with van der Waals surface area (Å²) in [5, 5.41) is 13.6. The molecule has 100 valence electrons. The van der Waals surface area contributed by atoms with Crippen LogP contribution in [0.1, 0.15) is 39.5 Å². The lowest BCUT2D eigenvalue weighted by Gasteiger charge is -2.40. The molecule has 0 radical (unpaired) electrons. The molecule has 3 nitrogen and oxygen atoms in total. The van der Waals surface area contributed by atoms with E-state index in [0.717, 1.165) is 25.7 Å². The second-order valence-electron chi connectivity index (χ2n) is 6.11. The van der Waals surface area contributed by atoms with Gasteiger partial charge in [-0.15, -0.1) is 0 Å². The van der Waals surface area contributed by atoms with Crippen LogP contribution in [0, 0.1) is 11.4 Å². The van der Waals surface area contributed by atoms with E-state index >= 15 is 0 Å². The van der Waals surface area contributed by atoms with Crippen LogP contribution in [0.15, 0.2) is 18.3 Å². The van der Waals surface area contributed by atoms with Crippen LogP contribution >= 0.6 is 0 Å². The zero-order valence-corrected chi connectivity index (χ0v) is 11.0. The van der Waals surface area contributed by atoms with Gasteiger partial charge in [-0.1, -0.05) is 13.8 Å². The first-order chi connectivity index (χ1) is 8.39. The number of aromatic nitrogens is 1. The monoisotopic (exact) mass is 252 g/mol. The van der Waals surface area contributed by atoms with Gasteiger partial charge in [0.15, 0.2) is 0 Å². The third-order valence-corrected chi connectivity index (χ3v) is 3.88. The van der Waals surface area contributed by atoms with Gasteiger partial charge < -0.3 is 10.4 Å². The first kappa shape index (κ1) is 13.3. The van der Waals surface area contributed by atoms with E-state index < -0.39 is 11.5 Å². The van der Waals surface area contributed by atoms with Gasteiger partial charge in [-0.05, 0) is 37.2 Å². The molecule has 0 unspecified atom stereocenters. The highest BCUT2D eigenvalue weighted by Gasteiger charge is 2.36. The van der Waals surface area contributed by atoms with Crippen LogP contribution < -0.4 is 5.32 Å². The topological polar surface area (TPSA) is 45.1 Å². The Labute approximate surface area is 107 Å². The van der Waals surface area contributed by atoms with Crippen molar-refractivity contribution < 1.29 is 9.50 Å². The van der Waals surface area contributed by atoms with E-state index in [0.29, 0.717) is 17.6 Å². The molecule has 1 aromatic rings. The summed E-state index contributed by atoms with van der Waals surface area (Å²) in [4.78, 5) is 3.50. The first-order valence-electron chi connectivity index (χ1n) is 6.47. The maximum Gasteiger partial charge on any atom is 0.214 e. The standard InChI is InChI=1S/C14H21FN2O/c1-13(2)4-6-14(18,7-5-13)10-17-11-3-8-16-12(15)9-11/h3,8-9,18H,4-7,10H2,1-2H3,(H,16,17). The summed E-state index contributed by atoms with van der Waals surface area (Å²) in [5.41, 5.74) is 0.324. The first-order valence-corrected chi connectivity index (χ1v) is 6.47. The van der Waals surface area contributed by atoms with Crippen LogP contribution in [-0.4, -0.2) is 22.2 Å². The second kappa shape index (κ2) is 4.84. The molecule has 2 N–H and O–H groups in total. The van der Waals surface area contributed by atoms with Crippen molar-refractivity contribution in [2.24, 2.45) is 5.41 Å². The average Bonchev–Trinajstić information content (AvgIpc) is 2.32. The lowest BCUT2D eigenvalue weighted by molar-refractivity contribution is -0.0145. The van der Waals surface area contributed by atoms with E-state index in [9.17, 15) is 9.50 Å². The van der Waals surface area contributed by atoms with Crippen LogP contribution in [-0.2, 0) is 0 Å². The number of pyridine rings is 1. The van der Waals surface area contributed by atoms with Crippen LogP contribution in [0.25, 0.3) is 0 Å². The highest BCUT2D eigenvalue weighted by molar-refractivity contribution is 5.41. The van der Waals surface area contributed by atoms with Gasteiger partial charge >= 0.3 is 0 Å². The van der Waals surface area contributed by atoms with Gasteiger partial charge in [0.25, 0.3) is 0 Å². The van der Waals surface area contributed by atoms with Crippen molar-refractivity contribution in [3.8, 4) is 0 Å². The zero-order chi connectivity index (χ0) is 13.2. The van der Waals surface area contributed by atoms with Gasteiger partial charge in [-0.2, -0.15) is 4.39 Å². The predicted octanol–water partition coefficient (Wildman–Crippen LogP) is 2.96. The Bertz CT molecular complexity index is 410. The van der Waals surface area contributed by atoms with E-state index in [4.69, 9.17) is 0 Å². The third-order valence-electron chi connectivity index (χ3n) is 3.88. The molecule has 0 aliphatic heterocycles. The molecule has 1 aliphatic carbocycles. The van der Waals surface area contributed by atoms with Crippen molar-refractivity contribution in [2.45, 2.75) is 45.1 Å². The maximum absolute atomic E-state index is 12.9. The normalized spacial score (nSPS) is 21.6. The number of hydrogen-bond acceptors (Lipinski definition) is 3. The van der Waals surface area contributed by atoms with Crippen LogP contribution in [0.4, 0.5) is 10.1 Å². The van der Waals surface area contributed by atoms with Gasteiger partial charge in [-0.3, -0.25) is 0 Å². The number of rotatable bonds is 3. The highest BCUT2D eigenvalue weighted by atomic mass is 19.1. The van der Waals surface area contributed by atoms with E-state index in [1.165, 1.54) is 12.3 Å². The Balaban J connectivity index is 1.90. The Hall–Kier alpha value is -1.16. The highest BCUT2D eigenvalue weighted by Crippen LogP contribution is 2.40. The summed E-state index contributed by atoms with van der Waals surface area (Å²) in [6.45, 7) is 4.93. The molecule has 1 fully saturated rings. The van der Waals surface area contributed by atoms with Crippen molar-refractivity contribution in [3.63, 3.8) is 0 Å². The molecule has 18 heavy (non-hydrogen) atoms. The van der Waals surface area contributed by atoms with Crippen molar-refractivity contribution in [1.82, 2.24) is 4.98 Å². The molecule has 0 atom stereocenters. The van der Waals surface area contributed by atoms with Crippen LogP contribution in [0.2, 0.25) is 0 Å². The minimum atomic E-state index is -0.671. The molecule has 0 saturated heterocycles. The third kappa shape index (κ3) is 3.42. The average molecular weight is 252 g/mol. The minimum absolute atomic E-state index is 0.328. The summed E-state index contributed by atoms with van der Waals surface area (Å²) in [6, 6.07) is 3.05. The summed E-state index contributed by atoms with van der Waals surface area (Å²) in [5.74, 6) is -0.503. The Morgan fingerprint density at radius 1 is 1.33 bits per heavy atom. The molecule has 4 heteroatoms. The number of hydrogen-bond donors (Lipinski definition) is 2. The van der Waals surface area contributed by atoms with Crippen molar-refractivity contribution in [3.05, 3.63) is 24.3 Å². The smallest absolute Gasteiger partial charge is 0.214 e. The van der Waals surface area contributed by atoms with Gasteiger partial charge in [0, 0.05) is 24.5 Å². The number of nitrogens with zero attached hydrogens (tertiary/aromatic N) is 1. The van der Waals surface area contributed by atoms with E-state index in [1.807, 2.05) is 0 Å². The Morgan fingerprint density at radius 2 is 2.00 bits per heavy atom. The van der Waals surface area contributed by atoms with E-state index in [1.54, 1.807) is 6.07 Å². The molecule has 1 heterocycles. The second-order valence-corrected chi connectivity index (χ2v) is 6.11. The SMILES string of the molecule is CC1(C)CCC(O)(CNc2ccnc(F)c2)CC1. The fourth-order valence-electron chi connectivity index (χ4n) is 2.35. The maximum atomic E-state index is 12.9. The molecular formula is C14H21FN2O. The molecular weight excluding hydrogens is 231 g/mol. The quantitative estimate of drug-likeness (QED) is 0.813. The van der Waals surface area contributed by atoms with Crippen LogP contribution in [0.3, 0.4) is 0 Å². The summed E-state index contributed by atoms with van der Waals surface area (Å²) < 4.78 is 12.9. The number of nitrogens with one attached hydrogen (secondary N) is 1. The number of halogens is 1. The van der Waals surface area contributed by atoms with Crippen molar-refractivity contribution in [2.75, 3.05) is 11.9 Å². The fraction of sp³-hybridized carbons (Fsp3) is 0.643. The Kier molecular flexibility index (Phi) is 3.57. The van der Waals surface area contributed by atoms with Gasteiger partial charge in [0.05, 0.1) is 5.60 Å². The Morgan fingerprint density at radius 3 is 2.61 bits per heavy atom. The molecule has 0 spiro atoms. The van der Waals surface area contributed by atoms with Gasteiger partial charge in [0.2, 0.25) is 5.95 Å². The van der Waals surface area contributed by atoms with Crippen molar-refractivity contribution >= 4 is 5.69 Å². The molecule has 1 saturated carbocycles. The summed E-state index contributed by atoms with van der Waals surface area (Å²) in [7, 11) is 0. The fourth-order valence-corrected chi connectivity index (χ4v) is 2.35. The summed E-state index contributed by atoms with van der Waals surface area (Å²) in [6.07, 6.45) is 5.05. The van der Waals surface area contributed by atoms with Crippen LogP contribution in [0.5, 0.6) is 0 Å². The molecule has 0 amide bonds. The minimum Gasteiger partial charge on any atom is -0.388 e. The summed E-state index contributed by atoms with van der Waals surface area (Å²) >= 11 is 0. The lowest BCUT2D eigenvalue weighted by Crippen LogP contribution is -2.42. The van der Waals surface area contributed by atoms with Gasteiger partial charge in [0.1, 0.15) is 0 Å². The molecule has 0 aromatic carbocycles. The number of aliphatic hydroxyl groups is 1. The van der Waals surface area contributed by atoms with Gasteiger partial charge in [-0.25, -0.2) is 4.98 Å². The van der Waals surface area contributed by atoms with Crippen molar-refractivity contribution in [1.29, 1.82) is 0 Å². The number of anilines is 1. The lowest BCUT2D eigenvalue weighted by atomic mass is 9.71. The zero-order valence-electron chi connectivity index (χ0n) is 11.0. The molecule has 0 bridgehead atoms. The largest absolute Gasteiger partial charge is 0.388 e. The molecule has 2 rings (SSSR count).